The van der Waals surface area contributed by atoms with Crippen LogP contribution in [0.5, 0.6) is 0 Å². The zero-order valence-corrected chi connectivity index (χ0v) is 6.08. The molecule has 7 heavy (non-hydrogen) atoms. The van der Waals surface area contributed by atoms with Gasteiger partial charge in [-0.2, -0.15) is 0 Å². The molecule has 0 saturated carbocycles. The summed E-state index contributed by atoms with van der Waals surface area (Å²) in [6.45, 7) is 5.58. The molecule has 0 radical (unpaired) electrons. The minimum absolute atomic E-state index is 1.13. The van der Waals surface area contributed by atoms with Gasteiger partial charge in [0.2, 0.25) is 0 Å². The van der Waals surface area contributed by atoms with Crippen molar-refractivity contribution in [2.45, 2.75) is 19.2 Å². The van der Waals surface area contributed by atoms with Gasteiger partial charge in [0, 0.05) is 0 Å². The second-order valence-electron chi connectivity index (χ2n) is 1.47. The van der Waals surface area contributed by atoms with Crippen molar-refractivity contribution >= 4 is 29.3 Å². The average molecular weight is 161 g/mol. The Balaban J connectivity index is 2.56. The van der Waals surface area contributed by atoms with Crippen LogP contribution in [0.2, 0.25) is 6.32 Å². The fourth-order valence-electron chi connectivity index (χ4n) is 0.383. The molecule has 0 aromatic carbocycles. The fraction of sp³-hybridized carbons (Fsp3) is 0.800. The van der Waals surface area contributed by atoms with Gasteiger partial charge in [-0.3, -0.25) is 0 Å². The third-order valence-corrected chi connectivity index (χ3v) is 1.35. The van der Waals surface area contributed by atoms with Crippen LogP contribution in [-0.4, -0.2) is 18.7 Å². The summed E-state index contributed by atoms with van der Waals surface area (Å²) in [5.74, 6) is 0. The molecule has 0 bridgehead atoms. The van der Waals surface area contributed by atoms with E-state index in [0.717, 1.165) is 11.7 Å². The second kappa shape index (κ2) is 6.41. The van der Waals surface area contributed by atoms with E-state index in [9.17, 15) is 0 Å². The van der Waals surface area contributed by atoms with E-state index in [1.54, 1.807) is 0 Å². The maximum absolute atomic E-state index is 3.62. The number of unbranched alkanes of at least 4 members (excludes halogenated alkanes) is 1. The van der Waals surface area contributed by atoms with Crippen LogP contribution in [0.1, 0.15) is 12.8 Å². The van der Waals surface area contributed by atoms with Gasteiger partial charge in [-0.1, -0.05) is 0 Å². The fourth-order valence-corrected chi connectivity index (χ4v) is 0.780. The average Bonchev–Trinajstić information content (AvgIpc) is 1.69. The first-order valence-corrected chi connectivity index (χ1v) is 3.71. The van der Waals surface area contributed by atoms with Gasteiger partial charge in [0.15, 0.2) is 0 Å². The van der Waals surface area contributed by atoms with Crippen LogP contribution in [0.3, 0.4) is 0 Å². The number of alkyl halides is 1. The molecule has 0 spiro atoms. The van der Waals surface area contributed by atoms with Gasteiger partial charge in [-0.25, -0.2) is 0 Å². The van der Waals surface area contributed by atoms with Crippen LogP contribution in [0.25, 0.3) is 0 Å². The second-order valence-corrected chi connectivity index (χ2v) is 2.27. The Labute approximate surface area is 54.3 Å². The van der Waals surface area contributed by atoms with Crippen LogP contribution in [-0.2, 0) is 0 Å². The molecule has 0 atom stereocenters. The zero-order chi connectivity index (χ0) is 5.54. The number of hydrogen-bond acceptors (Lipinski definition) is 0. The van der Waals surface area contributed by atoms with Gasteiger partial charge >= 0.3 is 53.8 Å². The van der Waals surface area contributed by atoms with Gasteiger partial charge in [0.1, 0.15) is 0 Å². The molecule has 0 heterocycles. The van der Waals surface area contributed by atoms with Crippen LogP contribution in [0.15, 0.2) is 0 Å². The summed E-state index contributed by atoms with van der Waals surface area (Å²) < 4.78 is 0. The van der Waals surface area contributed by atoms with Crippen molar-refractivity contribution in [1.29, 1.82) is 0 Å². The van der Waals surface area contributed by atoms with E-state index in [2.05, 4.69) is 22.4 Å². The molecule has 0 aromatic rings. The Morgan fingerprint density at radius 2 is 2.14 bits per heavy atom. The maximum atomic E-state index is 3.62. The normalized spacial score (nSPS) is 8.14. The Morgan fingerprint density at radius 3 is 2.57 bits per heavy atom. The molecule has 0 aliphatic rings. The molecule has 0 saturated heterocycles. The SMILES string of the molecule is C=BCCCCBr. The summed E-state index contributed by atoms with van der Waals surface area (Å²) in [6.07, 6.45) is 3.70. The monoisotopic (exact) mass is 160 g/mol. The van der Waals surface area contributed by atoms with E-state index in [4.69, 9.17) is 0 Å². The van der Waals surface area contributed by atoms with Crippen LogP contribution in [0.4, 0.5) is 0 Å². The summed E-state index contributed by atoms with van der Waals surface area (Å²) in [5.41, 5.74) is 0. The van der Waals surface area contributed by atoms with Crippen molar-refractivity contribution in [1.82, 2.24) is 0 Å². The Hall–Kier alpha value is 0.415. The Morgan fingerprint density at radius 1 is 1.43 bits per heavy atom. The van der Waals surface area contributed by atoms with Gasteiger partial charge in [0.25, 0.3) is 0 Å². The van der Waals surface area contributed by atoms with E-state index in [1.165, 1.54) is 12.8 Å². The van der Waals surface area contributed by atoms with Crippen molar-refractivity contribution < 1.29 is 0 Å². The van der Waals surface area contributed by atoms with Gasteiger partial charge in [-0.05, 0) is 0 Å². The molecule has 0 aliphatic carbocycles. The molecular formula is C5H10BBr. The molecule has 0 rings (SSSR count). The Bertz CT molecular complexity index is 45.3. The Kier molecular flexibility index (Phi) is 6.80. The van der Waals surface area contributed by atoms with Crippen molar-refractivity contribution in [3.05, 3.63) is 0 Å². The van der Waals surface area contributed by atoms with Crippen LogP contribution < -0.4 is 0 Å². The number of rotatable bonds is 4. The molecule has 0 nitrogen and oxygen atoms in total. The molecular weight excluding hydrogens is 151 g/mol. The van der Waals surface area contributed by atoms with Gasteiger partial charge in [0.05, 0.1) is 0 Å². The molecule has 0 aromatic heterocycles. The van der Waals surface area contributed by atoms with Crippen LogP contribution in [0, 0.1) is 0 Å². The standard InChI is InChI=1S/C5H10BBr/c1-6-4-2-3-5-7/h1-5H2. The summed E-state index contributed by atoms with van der Waals surface area (Å²) in [7, 11) is 0. The van der Waals surface area contributed by atoms with Crippen molar-refractivity contribution in [3.63, 3.8) is 0 Å². The van der Waals surface area contributed by atoms with Crippen LogP contribution >= 0.6 is 15.9 Å². The zero-order valence-electron chi connectivity index (χ0n) is 4.49. The summed E-state index contributed by atoms with van der Waals surface area (Å²) in [4.78, 5) is 0. The van der Waals surface area contributed by atoms with Crippen molar-refractivity contribution in [3.8, 4) is 0 Å². The van der Waals surface area contributed by atoms with E-state index in [1.807, 2.05) is 6.92 Å². The van der Waals surface area contributed by atoms with Crippen molar-refractivity contribution in [2.24, 2.45) is 0 Å². The summed E-state index contributed by atoms with van der Waals surface area (Å²) >= 11 is 3.35. The first-order chi connectivity index (χ1) is 3.41. The summed E-state index contributed by atoms with van der Waals surface area (Å²) in [5, 5.41) is 1.13. The molecule has 0 amide bonds. The van der Waals surface area contributed by atoms with E-state index < -0.39 is 0 Å². The topological polar surface area (TPSA) is 0 Å². The van der Waals surface area contributed by atoms with E-state index in [-0.39, 0.29) is 0 Å². The molecule has 2 heteroatoms. The van der Waals surface area contributed by atoms with E-state index in [0.29, 0.717) is 0 Å². The first-order valence-electron chi connectivity index (χ1n) is 2.58. The third kappa shape index (κ3) is 6.41. The molecule has 0 unspecified atom stereocenters. The molecule has 0 aliphatic heterocycles. The minimum atomic E-state index is 1.13. The van der Waals surface area contributed by atoms with Gasteiger partial charge in [-0.15, -0.1) is 0 Å². The van der Waals surface area contributed by atoms with E-state index >= 15 is 0 Å². The number of halogens is 1. The summed E-state index contributed by atoms with van der Waals surface area (Å²) in [6, 6.07) is 0. The quantitative estimate of drug-likeness (QED) is 0.334. The van der Waals surface area contributed by atoms with Gasteiger partial charge < -0.3 is 0 Å². The van der Waals surface area contributed by atoms with Crippen molar-refractivity contribution in [2.75, 3.05) is 5.33 Å². The third-order valence-electron chi connectivity index (χ3n) is 0.792. The molecule has 0 N–H and O–H groups in total. The predicted octanol–water partition coefficient (Wildman–Crippen LogP) is 1.72. The first kappa shape index (κ1) is 7.41. The molecule has 0 fully saturated rings. The number of hydrogen-bond donors (Lipinski definition) is 0. The molecule has 40 valence electrons. The predicted molar refractivity (Wildman–Crippen MR) is 40.7 cm³/mol.